The smallest absolute Gasteiger partial charge is 0.320 e. The van der Waals surface area contributed by atoms with Gasteiger partial charge in [0.05, 0.1) is 17.1 Å². The van der Waals surface area contributed by atoms with Crippen molar-refractivity contribution in [2.24, 2.45) is 0 Å². The van der Waals surface area contributed by atoms with Crippen LogP contribution in [0.15, 0.2) is 34.7 Å². The minimum Gasteiger partial charge on any atom is -0.468 e. The molecule has 0 bridgehead atoms. The number of halogens is 1. The maximum absolute atomic E-state index is 12.7. The number of ether oxygens (including phenoxy) is 1. The van der Waals surface area contributed by atoms with Gasteiger partial charge in [-0.15, -0.1) is 11.8 Å². The van der Waals surface area contributed by atoms with Crippen LogP contribution in [0, 0.1) is 10.1 Å². The van der Waals surface area contributed by atoms with Gasteiger partial charge in [-0.2, -0.15) is 0 Å². The van der Waals surface area contributed by atoms with Gasteiger partial charge in [0.2, 0.25) is 0 Å². The largest absolute Gasteiger partial charge is 0.468 e. The maximum atomic E-state index is 12.7. The number of non-ortho nitro benzene ring substituents is 1. The Labute approximate surface area is 163 Å². The number of carbonyl (C=O) groups excluding carboxylic acids is 2. The molecular formula is C17H15ClN2O6S. The van der Waals surface area contributed by atoms with E-state index in [4.69, 9.17) is 20.8 Å². The summed E-state index contributed by atoms with van der Waals surface area (Å²) < 4.78 is 10.4. The molecule has 10 heteroatoms. The van der Waals surface area contributed by atoms with Crippen LogP contribution in [0.2, 0.25) is 5.02 Å². The van der Waals surface area contributed by atoms with Gasteiger partial charge in [-0.05, 0) is 18.2 Å². The first kappa shape index (κ1) is 19.2. The first-order valence-electron chi connectivity index (χ1n) is 7.93. The molecule has 1 aliphatic heterocycles. The van der Waals surface area contributed by atoms with Crippen molar-refractivity contribution < 1.29 is 23.7 Å². The minimum atomic E-state index is -0.543. The second-order valence-electron chi connectivity index (χ2n) is 5.72. The van der Waals surface area contributed by atoms with Gasteiger partial charge in [0.1, 0.15) is 11.0 Å². The number of nitro groups is 1. The zero-order valence-electron chi connectivity index (χ0n) is 14.2. The molecule has 0 N–H and O–H groups in total. The predicted molar refractivity (Wildman–Crippen MR) is 100.0 cm³/mol. The molecular weight excluding hydrogens is 396 g/mol. The third kappa shape index (κ3) is 4.09. The number of esters is 1. The maximum Gasteiger partial charge on any atom is 0.320 e. The molecule has 0 saturated carbocycles. The first-order valence-corrected chi connectivity index (χ1v) is 9.36. The van der Waals surface area contributed by atoms with Gasteiger partial charge < -0.3 is 14.1 Å². The molecule has 1 aromatic carbocycles. The van der Waals surface area contributed by atoms with Crippen LogP contribution in [0.3, 0.4) is 0 Å². The molecule has 1 aliphatic rings. The van der Waals surface area contributed by atoms with Gasteiger partial charge in [-0.25, -0.2) is 0 Å². The average Bonchev–Trinajstić information content (AvgIpc) is 3.16. The zero-order chi connectivity index (χ0) is 19.6. The molecule has 1 aromatic heterocycles. The third-order valence-corrected chi connectivity index (χ3v) is 5.54. The topological polar surface area (TPSA) is 103 Å². The SMILES string of the molecule is COC(=O)[C@H]1CN(C(=O)c2ccc(-c3ccc([N+](=O)[O-])cc3Cl)o2)CCS1. The van der Waals surface area contributed by atoms with Crippen molar-refractivity contribution in [3.05, 3.63) is 51.2 Å². The van der Waals surface area contributed by atoms with E-state index in [1.54, 1.807) is 6.07 Å². The highest BCUT2D eigenvalue weighted by Gasteiger charge is 2.31. The molecule has 2 heterocycles. The molecule has 0 unspecified atom stereocenters. The van der Waals surface area contributed by atoms with Crippen LogP contribution in [0.1, 0.15) is 10.6 Å². The minimum absolute atomic E-state index is 0.106. The lowest BCUT2D eigenvalue weighted by Crippen LogP contribution is -2.44. The van der Waals surface area contributed by atoms with Crippen LogP contribution < -0.4 is 0 Å². The molecule has 0 radical (unpaired) electrons. The van der Waals surface area contributed by atoms with E-state index in [0.29, 0.717) is 23.6 Å². The number of hydrogen-bond donors (Lipinski definition) is 0. The molecule has 3 rings (SSSR count). The van der Waals surface area contributed by atoms with Gasteiger partial charge in [0, 0.05) is 36.5 Å². The van der Waals surface area contributed by atoms with Crippen LogP contribution in [0.5, 0.6) is 0 Å². The summed E-state index contributed by atoms with van der Waals surface area (Å²) in [5.74, 6) is 0.348. The predicted octanol–water partition coefficient (Wildman–Crippen LogP) is 3.24. The lowest BCUT2D eigenvalue weighted by atomic mass is 10.1. The van der Waals surface area contributed by atoms with E-state index in [9.17, 15) is 19.7 Å². The Morgan fingerprint density at radius 1 is 1.37 bits per heavy atom. The van der Waals surface area contributed by atoms with Crippen molar-refractivity contribution in [3.63, 3.8) is 0 Å². The molecule has 2 aromatic rings. The molecule has 142 valence electrons. The monoisotopic (exact) mass is 410 g/mol. The molecule has 1 fully saturated rings. The Hall–Kier alpha value is -2.52. The van der Waals surface area contributed by atoms with E-state index in [0.717, 1.165) is 0 Å². The molecule has 0 spiro atoms. The fourth-order valence-corrected chi connectivity index (χ4v) is 4.07. The van der Waals surface area contributed by atoms with Crippen molar-refractivity contribution >= 4 is 40.9 Å². The molecule has 0 aliphatic carbocycles. The van der Waals surface area contributed by atoms with Crippen molar-refractivity contribution in [2.45, 2.75) is 5.25 Å². The Balaban J connectivity index is 1.78. The molecule has 1 amide bonds. The third-order valence-electron chi connectivity index (χ3n) is 4.06. The number of amides is 1. The van der Waals surface area contributed by atoms with E-state index < -0.39 is 10.2 Å². The molecule has 1 saturated heterocycles. The van der Waals surface area contributed by atoms with Gasteiger partial charge >= 0.3 is 5.97 Å². The average molecular weight is 411 g/mol. The van der Waals surface area contributed by atoms with Crippen molar-refractivity contribution in [3.8, 4) is 11.3 Å². The van der Waals surface area contributed by atoms with Crippen LogP contribution in [0.4, 0.5) is 5.69 Å². The number of carbonyl (C=O) groups is 2. The van der Waals surface area contributed by atoms with Gasteiger partial charge in [-0.3, -0.25) is 19.7 Å². The van der Waals surface area contributed by atoms with E-state index in [-0.39, 0.29) is 34.9 Å². The van der Waals surface area contributed by atoms with Gasteiger partial charge in [0.15, 0.2) is 5.76 Å². The summed E-state index contributed by atoms with van der Waals surface area (Å²) in [7, 11) is 1.32. The molecule has 8 nitrogen and oxygen atoms in total. The number of hydrogen-bond acceptors (Lipinski definition) is 7. The van der Waals surface area contributed by atoms with Crippen LogP contribution in [-0.4, -0.2) is 52.9 Å². The number of methoxy groups -OCH3 is 1. The summed E-state index contributed by atoms with van der Waals surface area (Å²) in [6.07, 6.45) is 0. The summed E-state index contributed by atoms with van der Waals surface area (Å²) in [4.78, 5) is 36.2. The van der Waals surface area contributed by atoms with Crippen molar-refractivity contribution in [1.29, 1.82) is 0 Å². The number of rotatable bonds is 4. The Kier molecular flexibility index (Phi) is 5.71. The van der Waals surface area contributed by atoms with E-state index in [1.165, 1.54) is 48.0 Å². The number of benzene rings is 1. The highest BCUT2D eigenvalue weighted by molar-refractivity contribution is 8.00. The summed E-state index contributed by atoms with van der Waals surface area (Å²) in [5, 5.41) is 10.5. The van der Waals surface area contributed by atoms with Crippen molar-refractivity contribution in [1.82, 2.24) is 4.90 Å². The highest BCUT2D eigenvalue weighted by atomic mass is 35.5. The van der Waals surface area contributed by atoms with E-state index >= 15 is 0 Å². The lowest BCUT2D eigenvalue weighted by molar-refractivity contribution is -0.384. The second kappa shape index (κ2) is 8.01. The van der Waals surface area contributed by atoms with Crippen LogP contribution >= 0.6 is 23.4 Å². The van der Waals surface area contributed by atoms with Crippen LogP contribution in [0.25, 0.3) is 11.3 Å². The van der Waals surface area contributed by atoms with Gasteiger partial charge in [0.25, 0.3) is 11.6 Å². The van der Waals surface area contributed by atoms with Gasteiger partial charge in [-0.1, -0.05) is 11.6 Å². The quantitative estimate of drug-likeness (QED) is 0.433. The zero-order valence-corrected chi connectivity index (χ0v) is 15.8. The number of furan rings is 1. The Morgan fingerprint density at radius 3 is 2.81 bits per heavy atom. The second-order valence-corrected chi connectivity index (χ2v) is 7.44. The van der Waals surface area contributed by atoms with Crippen molar-refractivity contribution in [2.75, 3.05) is 26.0 Å². The fourth-order valence-electron chi connectivity index (χ4n) is 2.68. The summed E-state index contributed by atoms with van der Waals surface area (Å²) in [6, 6.07) is 7.11. The Bertz CT molecular complexity index is 899. The fraction of sp³-hybridized carbons (Fsp3) is 0.294. The van der Waals surface area contributed by atoms with Crippen LogP contribution in [-0.2, 0) is 9.53 Å². The lowest BCUT2D eigenvalue weighted by Gasteiger charge is -2.30. The first-order chi connectivity index (χ1) is 12.9. The summed E-state index contributed by atoms with van der Waals surface area (Å²) >= 11 is 7.55. The number of thioether (sulfide) groups is 1. The standard InChI is InChI=1S/C17H15ClN2O6S/c1-25-17(22)15-9-19(6-7-27-15)16(21)14-5-4-13(26-14)11-3-2-10(20(23)24)8-12(11)18/h2-5,8,15H,6-7,9H2,1H3/t15-/m1/s1. The summed E-state index contributed by atoms with van der Waals surface area (Å²) in [5.41, 5.74) is 0.314. The number of nitrogens with zero attached hydrogens (tertiary/aromatic N) is 2. The van der Waals surface area contributed by atoms with E-state index in [1.807, 2.05) is 0 Å². The number of nitro benzene ring substituents is 1. The Morgan fingerprint density at radius 2 is 2.15 bits per heavy atom. The highest BCUT2D eigenvalue weighted by Crippen LogP contribution is 2.32. The summed E-state index contributed by atoms with van der Waals surface area (Å²) in [6.45, 7) is 0.732. The normalized spacial score (nSPS) is 16.8. The van der Waals surface area contributed by atoms with E-state index in [2.05, 4.69) is 0 Å². The molecule has 27 heavy (non-hydrogen) atoms. The molecule has 1 atom stereocenters.